The van der Waals surface area contributed by atoms with Gasteiger partial charge in [-0.2, -0.15) is 4.78 Å². The van der Waals surface area contributed by atoms with E-state index in [9.17, 15) is 9.59 Å². The van der Waals surface area contributed by atoms with E-state index in [1.54, 1.807) is 0 Å². The van der Waals surface area contributed by atoms with E-state index in [0.29, 0.717) is 34.4 Å². The molecule has 7 nitrogen and oxygen atoms in total. The molecule has 4 bridgehead atoms. The highest BCUT2D eigenvalue weighted by molar-refractivity contribution is 7.69. The van der Waals surface area contributed by atoms with Gasteiger partial charge >= 0.3 is 11.9 Å². The maximum atomic E-state index is 14.9. The van der Waals surface area contributed by atoms with Crippen molar-refractivity contribution >= 4 is 33.6 Å². The molecule has 58 heavy (non-hydrogen) atoms. The van der Waals surface area contributed by atoms with E-state index in [4.69, 9.17) is 13.9 Å². The van der Waals surface area contributed by atoms with E-state index in [1.807, 2.05) is 36.4 Å². The highest BCUT2D eigenvalue weighted by atomic mass is 31.1. The summed E-state index contributed by atoms with van der Waals surface area (Å²) in [7, 11) is -1.16. The number of rotatable bonds is 11. The third kappa shape index (κ3) is 5.93. The average Bonchev–Trinajstić information content (AvgIpc) is 3.44. The second-order valence-electron chi connectivity index (χ2n) is 19.1. The van der Waals surface area contributed by atoms with Crippen LogP contribution in [-0.4, -0.2) is 44.3 Å². The summed E-state index contributed by atoms with van der Waals surface area (Å²) in [6.07, 6.45) is 7.20. The van der Waals surface area contributed by atoms with Gasteiger partial charge in [0.15, 0.2) is 5.70 Å². The van der Waals surface area contributed by atoms with Crippen molar-refractivity contribution in [3.63, 3.8) is 0 Å². The number of carbonyl (C=O) groups is 2. The molecule has 308 valence electrons. The van der Waals surface area contributed by atoms with Crippen molar-refractivity contribution in [3.8, 4) is 0 Å². The Kier molecular flexibility index (Phi) is 10.7. The fourth-order valence-electron chi connectivity index (χ4n) is 13.1. The highest BCUT2D eigenvalue weighted by Crippen LogP contribution is 2.77. The zero-order valence-corrected chi connectivity index (χ0v) is 38.4. The molecular weight excluding hydrogens is 756 g/mol. The Hall–Kier alpha value is -3.71. The summed E-state index contributed by atoms with van der Waals surface area (Å²) in [4.78, 5) is 29.7. The van der Waals surface area contributed by atoms with E-state index in [-0.39, 0.29) is 16.7 Å². The van der Waals surface area contributed by atoms with Gasteiger partial charge in [-0.1, -0.05) is 120 Å². The maximum Gasteiger partial charge on any atom is 0.356 e. The second-order valence-corrected chi connectivity index (χ2v) is 26.3. The minimum Gasteiger partial charge on any atom is -0.544 e. The number of esters is 2. The quantitative estimate of drug-likeness (QED) is 0.0826. The maximum absolute atomic E-state index is 14.9. The van der Waals surface area contributed by atoms with Crippen molar-refractivity contribution in [1.29, 1.82) is 0 Å². The molecule has 0 radical (unpaired) electrons. The molecule has 6 aliphatic rings. The lowest BCUT2D eigenvalue weighted by Crippen LogP contribution is -2.60. The standard InChI is InChI=1S/C49H63N2O5PSi/c1-30(2)58(31(3)4,32(5)6)56-44(48-27-36-24-37(28-48)26-38(25-36)29-48)45-50-42(47(53)55-11)41(46(52)54-10)49(39-18-14-12-15-19-39,40-20-16-13-17-21-40)51(50)57(45)43-34(8)22-33(7)23-35(43)9/h12-23,30-32,36-38H,24-29H2,1-11H3/b45-44+. The SMILES string of the molecule is COC(=O)C1=C(C(=O)OC)C(c2ccccc2)(c2ccccc2)N2N1/C(=C(\O[Si](C(C)C)(C(C)C)C(C)C)C13CC4CC(CC(C4)C1)C3)P2c1c(C)cc(C)cc1C. The largest absolute Gasteiger partial charge is 0.544 e. The Balaban J connectivity index is 1.56. The van der Waals surface area contributed by atoms with Crippen molar-refractivity contribution in [3.05, 3.63) is 123 Å². The van der Waals surface area contributed by atoms with Crippen LogP contribution in [0.3, 0.4) is 0 Å². The van der Waals surface area contributed by atoms with Crippen LogP contribution in [0, 0.1) is 43.9 Å². The molecule has 9 heteroatoms. The Labute approximate surface area is 349 Å². The van der Waals surface area contributed by atoms with Crippen LogP contribution < -0.4 is 5.30 Å². The van der Waals surface area contributed by atoms with E-state index < -0.39 is 33.9 Å². The lowest BCUT2D eigenvalue weighted by molar-refractivity contribution is -0.140. The molecular formula is C49H63N2O5PSi. The molecule has 0 aromatic heterocycles. The number of hydrogen-bond acceptors (Lipinski definition) is 7. The van der Waals surface area contributed by atoms with Crippen molar-refractivity contribution < 1.29 is 23.5 Å². The van der Waals surface area contributed by atoms with Crippen molar-refractivity contribution in [2.24, 2.45) is 23.2 Å². The van der Waals surface area contributed by atoms with Crippen LogP contribution in [0.2, 0.25) is 16.6 Å². The number of hydrazine groups is 1. The first-order chi connectivity index (χ1) is 27.7. The van der Waals surface area contributed by atoms with Crippen LogP contribution in [0.5, 0.6) is 0 Å². The fraction of sp³-hybridized carbons (Fsp3) is 0.510. The monoisotopic (exact) mass is 818 g/mol. The zero-order valence-electron chi connectivity index (χ0n) is 36.5. The number of nitrogens with zero attached hydrogens (tertiary/aromatic N) is 2. The summed E-state index contributed by atoms with van der Waals surface area (Å²) in [5.74, 6) is 1.98. The minimum absolute atomic E-state index is 0.169. The summed E-state index contributed by atoms with van der Waals surface area (Å²) >= 11 is 0. The van der Waals surface area contributed by atoms with Crippen LogP contribution in [0.1, 0.15) is 108 Å². The zero-order chi connectivity index (χ0) is 41.5. The fourth-order valence-corrected chi connectivity index (χ4v) is 21.6. The lowest BCUT2D eigenvalue weighted by atomic mass is 9.49. The number of allylic oxidation sites excluding steroid dienone is 1. The molecule has 2 heterocycles. The van der Waals surface area contributed by atoms with Crippen molar-refractivity contribution in [2.45, 2.75) is 123 Å². The number of hydrogen-bond donors (Lipinski definition) is 0. The molecule has 2 aliphatic heterocycles. The van der Waals surface area contributed by atoms with E-state index in [1.165, 1.54) is 55.5 Å². The van der Waals surface area contributed by atoms with Gasteiger partial charge in [-0.3, -0.25) is 5.01 Å². The summed E-state index contributed by atoms with van der Waals surface area (Å²) in [6.45, 7) is 20.9. The topological polar surface area (TPSA) is 68.3 Å². The normalized spacial score (nSPS) is 27.0. The lowest BCUT2D eigenvalue weighted by Gasteiger charge is -2.63. The van der Waals surface area contributed by atoms with Crippen LogP contribution in [0.25, 0.3) is 0 Å². The molecule has 4 aliphatic carbocycles. The van der Waals surface area contributed by atoms with Gasteiger partial charge in [-0.15, -0.1) is 0 Å². The third-order valence-electron chi connectivity index (χ3n) is 14.6. The van der Waals surface area contributed by atoms with Gasteiger partial charge in [0.05, 0.1) is 22.3 Å². The molecule has 3 aromatic carbocycles. The molecule has 4 saturated carbocycles. The van der Waals surface area contributed by atoms with E-state index in [2.05, 4.69) is 109 Å². The predicted octanol–water partition coefficient (Wildman–Crippen LogP) is 11.3. The number of methoxy groups -OCH3 is 2. The Morgan fingerprint density at radius 1 is 0.707 bits per heavy atom. The molecule has 1 atom stereocenters. The smallest absolute Gasteiger partial charge is 0.356 e. The molecule has 1 unspecified atom stereocenters. The van der Waals surface area contributed by atoms with E-state index in [0.717, 1.165) is 41.6 Å². The molecule has 5 fully saturated rings. The van der Waals surface area contributed by atoms with Crippen LogP contribution in [0.4, 0.5) is 0 Å². The first-order valence-corrected chi connectivity index (χ1v) is 25.0. The molecule has 1 saturated heterocycles. The summed E-state index contributed by atoms with van der Waals surface area (Å²) < 4.78 is 22.2. The van der Waals surface area contributed by atoms with Gasteiger partial charge in [0.1, 0.15) is 22.3 Å². The van der Waals surface area contributed by atoms with Gasteiger partial charge in [0, 0.05) is 10.7 Å². The molecule has 9 rings (SSSR count). The number of aryl methyl sites for hydroxylation is 3. The number of benzene rings is 3. The number of ether oxygens (including phenoxy) is 2. The van der Waals surface area contributed by atoms with Gasteiger partial charge in [-0.05, 0) is 116 Å². The van der Waals surface area contributed by atoms with Gasteiger partial charge in [0.2, 0.25) is 0 Å². The average molecular weight is 819 g/mol. The number of fused-ring (bicyclic) bond motifs is 1. The van der Waals surface area contributed by atoms with Crippen LogP contribution in [0.15, 0.2) is 95.3 Å². The third-order valence-corrected chi connectivity index (χ3v) is 23.4. The second kappa shape index (κ2) is 15.1. The Bertz CT molecular complexity index is 2040. The first kappa shape index (κ1) is 41.0. The molecule has 0 amide bonds. The summed E-state index contributed by atoms with van der Waals surface area (Å²) in [5.41, 5.74) is 6.55. The van der Waals surface area contributed by atoms with Crippen LogP contribution >= 0.6 is 8.07 Å². The molecule has 0 spiro atoms. The van der Waals surface area contributed by atoms with Gasteiger partial charge < -0.3 is 13.9 Å². The Morgan fingerprint density at radius 2 is 1.16 bits per heavy atom. The van der Waals surface area contributed by atoms with Crippen molar-refractivity contribution in [2.75, 3.05) is 14.2 Å². The van der Waals surface area contributed by atoms with Crippen molar-refractivity contribution in [1.82, 2.24) is 9.79 Å². The van der Waals surface area contributed by atoms with Gasteiger partial charge in [-0.25, -0.2) is 9.59 Å². The number of carbonyl (C=O) groups excluding carboxylic acids is 2. The highest BCUT2D eigenvalue weighted by Gasteiger charge is 2.70. The summed E-state index contributed by atoms with van der Waals surface area (Å²) in [5, 5.41) is 3.37. The van der Waals surface area contributed by atoms with Gasteiger partial charge in [0.25, 0.3) is 8.32 Å². The van der Waals surface area contributed by atoms with Crippen LogP contribution in [-0.2, 0) is 29.0 Å². The molecule has 3 aromatic rings. The van der Waals surface area contributed by atoms with E-state index >= 15 is 0 Å². The minimum atomic E-state index is -2.58. The predicted molar refractivity (Wildman–Crippen MR) is 235 cm³/mol. The Morgan fingerprint density at radius 3 is 1.57 bits per heavy atom. The first-order valence-electron chi connectivity index (χ1n) is 21.6. The molecule has 0 N–H and O–H groups in total. The summed E-state index contributed by atoms with van der Waals surface area (Å²) in [6, 6.07) is 25.0.